The number of anilines is 1. The van der Waals surface area contributed by atoms with Crippen LogP contribution in [0.4, 0.5) is 5.69 Å². The Morgan fingerprint density at radius 2 is 1.72 bits per heavy atom. The number of benzene rings is 2. The highest BCUT2D eigenvalue weighted by molar-refractivity contribution is 5.99. The molecule has 2 amide bonds. The van der Waals surface area contributed by atoms with E-state index in [4.69, 9.17) is 9.47 Å². The highest BCUT2D eigenvalue weighted by Gasteiger charge is 2.31. The van der Waals surface area contributed by atoms with E-state index in [0.717, 1.165) is 5.69 Å². The Labute approximate surface area is 146 Å². The van der Waals surface area contributed by atoms with E-state index in [1.807, 2.05) is 30.3 Å². The summed E-state index contributed by atoms with van der Waals surface area (Å²) in [6.07, 6.45) is 0.280. The largest absolute Gasteiger partial charge is 0.497 e. The normalized spacial score (nSPS) is 16.6. The smallest absolute Gasteiger partial charge is 0.251 e. The summed E-state index contributed by atoms with van der Waals surface area (Å²) in [5, 5.41) is 2.92. The lowest BCUT2D eigenvalue weighted by molar-refractivity contribution is -0.117. The van der Waals surface area contributed by atoms with Gasteiger partial charge >= 0.3 is 0 Å². The minimum atomic E-state index is -0.259. The van der Waals surface area contributed by atoms with Gasteiger partial charge in [0.25, 0.3) is 5.91 Å². The number of nitrogens with one attached hydrogen (secondary N) is 1. The molecule has 1 atom stereocenters. The molecular weight excluding hydrogens is 320 g/mol. The predicted molar refractivity (Wildman–Crippen MR) is 94.2 cm³/mol. The van der Waals surface area contributed by atoms with E-state index >= 15 is 0 Å². The van der Waals surface area contributed by atoms with Gasteiger partial charge in [-0.25, -0.2) is 0 Å². The molecule has 1 N–H and O–H groups in total. The number of hydrogen-bond donors (Lipinski definition) is 1. The molecule has 1 heterocycles. The quantitative estimate of drug-likeness (QED) is 0.906. The van der Waals surface area contributed by atoms with Gasteiger partial charge in [0.2, 0.25) is 5.91 Å². The Morgan fingerprint density at radius 3 is 2.32 bits per heavy atom. The first-order valence-electron chi connectivity index (χ1n) is 8.00. The van der Waals surface area contributed by atoms with Gasteiger partial charge in [0, 0.05) is 30.3 Å². The summed E-state index contributed by atoms with van der Waals surface area (Å²) in [6, 6.07) is 14.2. The minimum absolute atomic E-state index is 0.000257. The summed E-state index contributed by atoms with van der Waals surface area (Å²) >= 11 is 0. The van der Waals surface area contributed by atoms with Crippen molar-refractivity contribution in [2.75, 3.05) is 25.7 Å². The van der Waals surface area contributed by atoms with Crippen LogP contribution in [-0.4, -0.2) is 38.6 Å². The molecule has 3 rings (SSSR count). The number of methoxy groups -OCH3 is 2. The van der Waals surface area contributed by atoms with Crippen LogP contribution >= 0.6 is 0 Å². The third-order valence-corrected chi connectivity index (χ3v) is 4.14. The second-order valence-corrected chi connectivity index (χ2v) is 5.82. The van der Waals surface area contributed by atoms with Crippen LogP contribution in [0.25, 0.3) is 0 Å². The van der Waals surface area contributed by atoms with Crippen molar-refractivity contribution in [1.29, 1.82) is 0 Å². The fourth-order valence-electron chi connectivity index (χ4n) is 2.87. The average Bonchev–Trinajstić information content (AvgIpc) is 3.02. The monoisotopic (exact) mass is 340 g/mol. The van der Waals surface area contributed by atoms with Gasteiger partial charge in [-0.15, -0.1) is 0 Å². The summed E-state index contributed by atoms with van der Waals surface area (Å²) < 4.78 is 10.4. The van der Waals surface area contributed by atoms with Gasteiger partial charge in [-0.1, -0.05) is 18.2 Å². The van der Waals surface area contributed by atoms with Crippen LogP contribution < -0.4 is 19.7 Å². The van der Waals surface area contributed by atoms with E-state index < -0.39 is 0 Å². The summed E-state index contributed by atoms with van der Waals surface area (Å²) in [5.74, 6) is 0.820. The fraction of sp³-hybridized carbons (Fsp3) is 0.263. The number of carbonyl (C=O) groups is 2. The van der Waals surface area contributed by atoms with Crippen LogP contribution in [0.5, 0.6) is 11.5 Å². The number of carbonyl (C=O) groups excluding carboxylic acids is 2. The molecule has 0 aliphatic carbocycles. The lowest BCUT2D eigenvalue weighted by atomic mass is 10.1. The molecule has 130 valence electrons. The van der Waals surface area contributed by atoms with E-state index in [1.165, 1.54) is 14.2 Å². The number of rotatable bonds is 5. The second kappa shape index (κ2) is 7.25. The van der Waals surface area contributed by atoms with E-state index in [0.29, 0.717) is 23.6 Å². The summed E-state index contributed by atoms with van der Waals surface area (Å²) in [7, 11) is 3.06. The van der Waals surface area contributed by atoms with E-state index in [1.54, 1.807) is 23.1 Å². The van der Waals surface area contributed by atoms with Gasteiger partial charge in [-0.05, 0) is 24.3 Å². The lowest BCUT2D eigenvalue weighted by Crippen LogP contribution is -2.37. The number of nitrogens with zero attached hydrogens (tertiary/aromatic N) is 1. The molecule has 0 saturated carbocycles. The average molecular weight is 340 g/mol. The number of hydrogen-bond acceptors (Lipinski definition) is 4. The van der Waals surface area contributed by atoms with Gasteiger partial charge in [0.15, 0.2) is 0 Å². The van der Waals surface area contributed by atoms with E-state index in [2.05, 4.69) is 5.32 Å². The molecule has 25 heavy (non-hydrogen) atoms. The van der Waals surface area contributed by atoms with Gasteiger partial charge in [-0.2, -0.15) is 0 Å². The van der Waals surface area contributed by atoms with E-state index in [9.17, 15) is 9.59 Å². The molecule has 1 saturated heterocycles. The molecule has 0 unspecified atom stereocenters. The van der Waals surface area contributed by atoms with Crippen molar-refractivity contribution in [2.45, 2.75) is 12.5 Å². The molecule has 0 aromatic heterocycles. The number of para-hydroxylation sites is 1. The maximum Gasteiger partial charge on any atom is 0.251 e. The Balaban J connectivity index is 1.71. The molecule has 6 heteroatoms. The lowest BCUT2D eigenvalue weighted by Gasteiger charge is -2.17. The molecule has 2 aromatic carbocycles. The molecule has 1 aliphatic heterocycles. The molecule has 1 aliphatic rings. The standard InChI is InChI=1S/C19H20N2O4/c1-24-16-8-13(9-17(11-16)25-2)19(23)20-14-10-18(22)21(12-14)15-6-4-3-5-7-15/h3-9,11,14H,10,12H2,1-2H3,(H,20,23)/t14-/m1/s1. The zero-order valence-corrected chi connectivity index (χ0v) is 14.2. The highest BCUT2D eigenvalue weighted by Crippen LogP contribution is 2.24. The first-order valence-corrected chi connectivity index (χ1v) is 8.00. The third kappa shape index (κ3) is 3.74. The number of ether oxygens (including phenoxy) is 2. The fourth-order valence-corrected chi connectivity index (χ4v) is 2.87. The van der Waals surface area contributed by atoms with Gasteiger partial charge in [-0.3, -0.25) is 9.59 Å². The zero-order chi connectivity index (χ0) is 17.8. The number of amides is 2. The highest BCUT2D eigenvalue weighted by atomic mass is 16.5. The Hall–Kier alpha value is -3.02. The van der Waals surface area contributed by atoms with Crippen molar-refractivity contribution in [3.8, 4) is 11.5 Å². The Kier molecular flexibility index (Phi) is 4.88. The minimum Gasteiger partial charge on any atom is -0.497 e. The van der Waals surface area contributed by atoms with Crippen molar-refractivity contribution in [3.63, 3.8) is 0 Å². The molecule has 2 aromatic rings. The van der Waals surface area contributed by atoms with Crippen LogP contribution in [0.2, 0.25) is 0 Å². The van der Waals surface area contributed by atoms with Crippen LogP contribution in [0.1, 0.15) is 16.8 Å². The van der Waals surface area contributed by atoms with Crippen molar-refractivity contribution >= 4 is 17.5 Å². The molecule has 0 spiro atoms. The molecule has 0 radical (unpaired) electrons. The molecular formula is C19H20N2O4. The first kappa shape index (κ1) is 16.8. The van der Waals surface area contributed by atoms with Crippen LogP contribution in [0.3, 0.4) is 0 Å². The molecule has 0 bridgehead atoms. The van der Waals surface area contributed by atoms with Crippen LogP contribution in [-0.2, 0) is 4.79 Å². The molecule has 1 fully saturated rings. The Morgan fingerprint density at radius 1 is 1.08 bits per heavy atom. The zero-order valence-electron chi connectivity index (χ0n) is 14.2. The van der Waals surface area contributed by atoms with Gasteiger partial charge < -0.3 is 19.7 Å². The Bertz CT molecular complexity index is 754. The van der Waals surface area contributed by atoms with Crippen molar-refractivity contribution in [2.24, 2.45) is 0 Å². The SMILES string of the molecule is COc1cc(OC)cc(C(=O)N[C@@H]2CC(=O)N(c3ccccc3)C2)c1. The predicted octanol–water partition coefficient (Wildman–Crippen LogP) is 2.24. The van der Waals surface area contributed by atoms with Crippen molar-refractivity contribution < 1.29 is 19.1 Å². The summed E-state index contributed by atoms with van der Waals surface area (Å²) in [5.41, 5.74) is 1.27. The van der Waals surface area contributed by atoms with Crippen LogP contribution in [0.15, 0.2) is 48.5 Å². The van der Waals surface area contributed by atoms with Crippen LogP contribution in [0, 0.1) is 0 Å². The summed E-state index contributed by atoms with van der Waals surface area (Å²) in [6.45, 7) is 0.454. The van der Waals surface area contributed by atoms with Crippen molar-refractivity contribution in [3.05, 3.63) is 54.1 Å². The summed E-state index contributed by atoms with van der Waals surface area (Å²) in [4.78, 5) is 26.5. The molecule has 6 nitrogen and oxygen atoms in total. The maximum absolute atomic E-state index is 12.5. The maximum atomic E-state index is 12.5. The van der Waals surface area contributed by atoms with E-state index in [-0.39, 0.29) is 24.3 Å². The second-order valence-electron chi connectivity index (χ2n) is 5.82. The third-order valence-electron chi connectivity index (χ3n) is 4.14. The topological polar surface area (TPSA) is 67.9 Å². The first-order chi connectivity index (χ1) is 12.1. The van der Waals surface area contributed by atoms with Crippen molar-refractivity contribution in [1.82, 2.24) is 5.32 Å². The van der Waals surface area contributed by atoms with Gasteiger partial charge in [0.1, 0.15) is 11.5 Å². The van der Waals surface area contributed by atoms with Gasteiger partial charge in [0.05, 0.1) is 20.3 Å².